The molecule has 0 aliphatic carbocycles. The minimum atomic E-state index is -1.74. The standard InChI is InChI=1S/C31H55NO17/c1-10-16(32-15(33)9-31(6,7)41)20(37)27(42-8)30(44-10)49-26-19(36)13(4)46-29(23(26)40)48-25-18(35)12(3)45-28(22(25)39)47-24-14(5)43-11(2)17(34)21(24)38/h10-14,16-30,34-41H,9H2,1-8H3,(H,32,33)/t10?,11?,12?,13?,14?,16-,17-,18-,19-,20-,21?,22-,23-,24+,25?,26?,27?,28-,29-,30-/m0/s1. The van der Waals surface area contributed by atoms with Gasteiger partial charge in [0.2, 0.25) is 5.91 Å². The maximum absolute atomic E-state index is 12.5. The quantitative estimate of drug-likeness (QED) is 0.106. The van der Waals surface area contributed by atoms with Crippen molar-refractivity contribution in [3.63, 3.8) is 0 Å². The van der Waals surface area contributed by atoms with Gasteiger partial charge in [-0.25, -0.2) is 0 Å². The molecule has 0 bridgehead atoms. The maximum atomic E-state index is 12.5. The molecule has 0 aromatic rings. The molecular formula is C31H55NO17. The van der Waals surface area contributed by atoms with Gasteiger partial charge in [-0.05, 0) is 48.5 Å². The van der Waals surface area contributed by atoms with Gasteiger partial charge in [-0.1, -0.05) is 0 Å². The molecule has 49 heavy (non-hydrogen) atoms. The van der Waals surface area contributed by atoms with Crippen molar-refractivity contribution in [1.82, 2.24) is 5.32 Å². The van der Waals surface area contributed by atoms with Gasteiger partial charge in [-0.2, -0.15) is 0 Å². The van der Waals surface area contributed by atoms with Crippen LogP contribution in [-0.4, -0.2) is 182 Å². The van der Waals surface area contributed by atoms with Crippen LogP contribution in [0.1, 0.15) is 54.9 Å². The van der Waals surface area contributed by atoms with Crippen LogP contribution >= 0.6 is 0 Å². The molecule has 0 aromatic carbocycles. The van der Waals surface area contributed by atoms with E-state index in [-0.39, 0.29) is 6.42 Å². The average molecular weight is 714 g/mol. The first-order chi connectivity index (χ1) is 22.7. The molecule has 20 atom stereocenters. The van der Waals surface area contributed by atoms with E-state index in [4.69, 9.17) is 37.9 Å². The summed E-state index contributed by atoms with van der Waals surface area (Å²) >= 11 is 0. The van der Waals surface area contributed by atoms with Crippen LogP contribution in [0.25, 0.3) is 0 Å². The Bertz CT molecular complexity index is 1080. The first-order valence-electron chi connectivity index (χ1n) is 16.6. The number of methoxy groups -OCH3 is 1. The van der Waals surface area contributed by atoms with Crippen LogP contribution in [0.5, 0.6) is 0 Å². The first kappa shape index (κ1) is 40.6. The van der Waals surface area contributed by atoms with Crippen LogP contribution in [0.3, 0.4) is 0 Å². The third-order valence-corrected chi connectivity index (χ3v) is 9.52. The van der Waals surface area contributed by atoms with Gasteiger partial charge in [0.15, 0.2) is 18.9 Å². The zero-order valence-corrected chi connectivity index (χ0v) is 29.0. The molecule has 0 saturated carbocycles. The summed E-state index contributed by atoms with van der Waals surface area (Å²) < 4.78 is 46.2. The second kappa shape index (κ2) is 16.2. The molecule has 4 heterocycles. The number of aliphatic hydroxyl groups excluding tert-OH is 7. The van der Waals surface area contributed by atoms with E-state index in [0.717, 1.165) is 0 Å². The van der Waals surface area contributed by atoms with Crippen molar-refractivity contribution in [3.05, 3.63) is 0 Å². The van der Waals surface area contributed by atoms with Crippen LogP contribution in [0.2, 0.25) is 0 Å². The van der Waals surface area contributed by atoms with Crippen molar-refractivity contribution in [2.45, 2.75) is 183 Å². The normalized spacial score (nSPS) is 49.8. The van der Waals surface area contributed by atoms with Crippen LogP contribution < -0.4 is 5.32 Å². The molecule has 18 nitrogen and oxygen atoms in total. The molecule has 4 aliphatic rings. The van der Waals surface area contributed by atoms with E-state index < -0.39 is 134 Å². The summed E-state index contributed by atoms with van der Waals surface area (Å²) in [5.41, 5.74) is -1.29. The Hall–Kier alpha value is -1.17. The van der Waals surface area contributed by atoms with Gasteiger partial charge in [0.05, 0.1) is 48.6 Å². The monoisotopic (exact) mass is 713 g/mol. The van der Waals surface area contributed by atoms with Crippen LogP contribution in [0, 0.1) is 0 Å². The molecule has 9 N–H and O–H groups in total. The van der Waals surface area contributed by atoms with E-state index >= 15 is 0 Å². The summed E-state index contributed by atoms with van der Waals surface area (Å²) in [6.45, 7) is 10.7. The topological polar surface area (TPSA) is 265 Å². The SMILES string of the molecule is COC1[C@H](OC2[C@@H](O)C(C)O[C@@H](OC3[C@@H](O)C(C)O[C@@H](O[C@@H]4C(C)OC(C)[C@H](O)C4O)[C@H]3O)[C@H]2O)OC(C)[C@H](NC(=O)CC(C)(C)O)[C@@H]1O. The van der Waals surface area contributed by atoms with Crippen molar-refractivity contribution in [1.29, 1.82) is 0 Å². The molecule has 0 aromatic heterocycles. The smallest absolute Gasteiger partial charge is 0.223 e. The summed E-state index contributed by atoms with van der Waals surface area (Å²) in [6.07, 6.45) is -24.5. The summed E-state index contributed by atoms with van der Waals surface area (Å²) in [6, 6.07) is -0.955. The Morgan fingerprint density at radius 3 is 1.51 bits per heavy atom. The largest absolute Gasteiger partial charge is 0.390 e. The Balaban J connectivity index is 1.46. The van der Waals surface area contributed by atoms with E-state index in [9.17, 15) is 45.6 Å². The van der Waals surface area contributed by atoms with Gasteiger partial charge < -0.3 is 84.1 Å². The molecule has 286 valence electrons. The third kappa shape index (κ3) is 9.08. The third-order valence-electron chi connectivity index (χ3n) is 9.52. The van der Waals surface area contributed by atoms with Crippen LogP contribution in [0.4, 0.5) is 0 Å². The highest BCUT2D eigenvalue weighted by atomic mass is 16.8. The van der Waals surface area contributed by atoms with Gasteiger partial charge in [-0.15, -0.1) is 0 Å². The van der Waals surface area contributed by atoms with Crippen LogP contribution in [-0.2, 0) is 42.7 Å². The summed E-state index contributed by atoms with van der Waals surface area (Å²) in [7, 11) is 1.28. The Kier molecular flexibility index (Phi) is 13.5. The predicted molar refractivity (Wildman–Crippen MR) is 163 cm³/mol. The maximum Gasteiger partial charge on any atom is 0.223 e. The minimum absolute atomic E-state index is 0.235. The zero-order valence-electron chi connectivity index (χ0n) is 29.0. The highest BCUT2D eigenvalue weighted by molar-refractivity contribution is 5.77. The second-order valence-electron chi connectivity index (χ2n) is 14.2. The molecular weight excluding hydrogens is 658 g/mol. The van der Waals surface area contributed by atoms with Crippen molar-refractivity contribution in [2.75, 3.05) is 7.11 Å². The fourth-order valence-electron chi connectivity index (χ4n) is 6.65. The second-order valence-corrected chi connectivity index (χ2v) is 14.2. The number of nitrogens with one attached hydrogen (secondary N) is 1. The minimum Gasteiger partial charge on any atom is -0.390 e. The van der Waals surface area contributed by atoms with Gasteiger partial charge >= 0.3 is 0 Å². The van der Waals surface area contributed by atoms with Crippen molar-refractivity contribution in [2.24, 2.45) is 0 Å². The van der Waals surface area contributed by atoms with Crippen molar-refractivity contribution in [3.8, 4) is 0 Å². The molecule has 4 rings (SSSR count). The van der Waals surface area contributed by atoms with Gasteiger partial charge in [0.1, 0.15) is 67.1 Å². The van der Waals surface area contributed by atoms with E-state index in [1.807, 2.05) is 0 Å². The van der Waals surface area contributed by atoms with Gasteiger partial charge in [0, 0.05) is 7.11 Å². The molecule has 9 unspecified atom stereocenters. The number of carbonyl (C=O) groups excluding carboxylic acids is 1. The number of hydrogen-bond donors (Lipinski definition) is 9. The summed E-state index contributed by atoms with van der Waals surface area (Å²) in [4.78, 5) is 12.5. The molecule has 4 fully saturated rings. The highest BCUT2D eigenvalue weighted by Crippen LogP contribution is 2.34. The molecule has 4 aliphatic heterocycles. The zero-order chi connectivity index (χ0) is 36.7. The number of aliphatic hydroxyl groups is 8. The molecule has 18 heteroatoms. The number of rotatable bonds is 10. The highest BCUT2D eigenvalue weighted by Gasteiger charge is 2.54. The number of amides is 1. The van der Waals surface area contributed by atoms with Crippen molar-refractivity contribution < 1.29 is 83.5 Å². The van der Waals surface area contributed by atoms with Crippen LogP contribution in [0.15, 0.2) is 0 Å². The fourth-order valence-corrected chi connectivity index (χ4v) is 6.65. The average Bonchev–Trinajstić information content (AvgIpc) is 3.00. The first-order valence-corrected chi connectivity index (χ1v) is 16.6. The van der Waals surface area contributed by atoms with E-state index in [0.29, 0.717) is 0 Å². The Morgan fingerprint density at radius 2 is 1.02 bits per heavy atom. The predicted octanol–water partition coefficient (Wildman–Crippen LogP) is -3.63. The summed E-state index contributed by atoms with van der Waals surface area (Å²) in [5, 5.41) is 89.2. The molecule has 0 spiro atoms. The van der Waals surface area contributed by atoms with Gasteiger partial charge in [0.25, 0.3) is 0 Å². The Labute approximate surface area is 285 Å². The molecule has 0 radical (unpaired) electrons. The van der Waals surface area contributed by atoms with Crippen molar-refractivity contribution >= 4 is 5.91 Å². The lowest BCUT2D eigenvalue weighted by atomic mass is 9.94. The molecule has 1 amide bonds. The number of hydrogen-bond acceptors (Lipinski definition) is 17. The van der Waals surface area contributed by atoms with Gasteiger partial charge in [-0.3, -0.25) is 4.79 Å². The number of ether oxygens (including phenoxy) is 8. The number of carbonyl (C=O) groups is 1. The van der Waals surface area contributed by atoms with E-state index in [2.05, 4.69) is 5.32 Å². The van der Waals surface area contributed by atoms with E-state index in [1.165, 1.54) is 34.8 Å². The lowest BCUT2D eigenvalue weighted by molar-refractivity contribution is -0.380. The molecule has 4 saturated heterocycles. The lowest BCUT2D eigenvalue weighted by Gasteiger charge is -2.49. The fraction of sp³-hybridized carbons (Fsp3) is 0.968. The van der Waals surface area contributed by atoms with E-state index in [1.54, 1.807) is 20.8 Å². The Morgan fingerprint density at radius 1 is 0.571 bits per heavy atom. The lowest BCUT2D eigenvalue weighted by Crippen LogP contribution is -2.67. The summed E-state index contributed by atoms with van der Waals surface area (Å²) in [5.74, 6) is -0.533.